The smallest absolute Gasteiger partial charge is 0.127 e. The number of anilines is 1. The Bertz CT molecular complexity index is 380. The van der Waals surface area contributed by atoms with Gasteiger partial charge in [0, 0.05) is 12.1 Å². The summed E-state index contributed by atoms with van der Waals surface area (Å²) in [6.07, 6.45) is 5.46. The quantitative estimate of drug-likeness (QED) is 0.705. The van der Waals surface area contributed by atoms with Crippen molar-refractivity contribution < 1.29 is 0 Å². The van der Waals surface area contributed by atoms with Gasteiger partial charge in [-0.25, -0.2) is 4.68 Å². The molecule has 1 aliphatic heterocycles. The van der Waals surface area contributed by atoms with Gasteiger partial charge in [0.05, 0.1) is 11.7 Å². The molecule has 15 heavy (non-hydrogen) atoms. The molecule has 3 heteroatoms. The molecule has 82 valence electrons. The fourth-order valence-corrected chi connectivity index (χ4v) is 3.06. The van der Waals surface area contributed by atoms with Crippen LogP contribution in [0.1, 0.15) is 43.0 Å². The van der Waals surface area contributed by atoms with Gasteiger partial charge in [-0.15, -0.1) is 0 Å². The van der Waals surface area contributed by atoms with Gasteiger partial charge in [-0.1, -0.05) is 12.8 Å². The molecule has 2 unspecified atom stereocenters. The minimum Gasteiger partial charge on any atom is -0.370 e. The highest BCUT2D eigenvalue weighted by molar-refractivity contribution is 5.48. The minimum absolute atomic E-state index is 0.669. The van der Waals surface area contributed by atoms with E-state index in [4.69, 9.17) is 0 Å². The van der Waals surface area contributed by atoms with E-state index in [1.54, 1.807) is 0 Å². The van der Waals surface area contributed by atoms with Crippen LogP contribution in [0.5, 0.6) is 0 Å². The summed E-state index contributed by atoms with van der Waals surface area (Å²) in [6, 6.07) is 0.669. The van der Waals surface area contributed by atoms with Crippen LogP contribution < -0.4 is 5.32 Å². The zero-order valence-electron chi connectivity index (χ0n) is 9.58. The molecular formula is C12H19N3. The monoisotopic (exact) mass is 205 g/mol. The first-order valence-electron chi connectivity index (χ1n) is 6.07. The molecule has 1 aromatic heterocycles. The van der Waals surface area contributed by atoms with E-state index < -0.39 is 0 Å². The maximum absolute atomic E-state index is 4.69. The van der Waals surface area contributed by atoms with Crippen molar-refractivity contribution in [1.82, 2.24) is 9.78 Å². The summed E-state index contributed by atoms with van der Waals surface area (Å²) in [5.74, 6) is 2.08. The summed E-state index contributed by atoms with van der Waals surface area (Å²) in [6.45, 7) is 5.43. The number of fused-ring (bicyclic) bond motifs is 3. The summed E-state index contributed by atoms with van der Waals surface area (Å²) < 4.78 is 2.26. The SMILES string of the molecule is Cc1nn2c(c1C)NCC1CCCCC12. The summed E-state index contributed by atoms with van der Waals surface area (Å²) in [5.41, 5.74) is 2.52. The van der Waals surface area contributed by atoms with E-state index in [1.807, 2.05) is 0 Å². The number of aryl methyl sites for hydroxylation is 1. The molecule has 2 aliphatic rings. The Morgan fingerprint density at radius 1 is 1.27 bits per heavy atom. The van der Waals surface area contributed by atoms with Crippen molar-refractivity contribution in [1.29, 1.82) is 0 Å². The fourth-order valence-electron chi connectivity index (χ4n) is 3.06. The van der Waals surface area contributed by atoms with Crippen molar-refractivity contribution in [3.05, 3.63) is 11.3 Å². The molecule has 0 aromatic carbocycles. The largest absolute Gasteiger partial charge is 0.370 e. The topological polar surface area (TPSA) is 29.9 Å². The molecule has 1 fully saturated rings. The third-order valence-electron chi connectivity index (χ3n) is 4.10. The van der Waals surface area contributed by atoms with Gasteiger partial charge in [0.1, 0.15) is 5.82 Å². The van der Waals surface area contributed by atoms with E-state index in [1.165, 1.54) is 42.8 Å². The van der Waals surface area contributed by atoms with Crippen LogP contribution in [0.3, 0.4) is 0 Å². The van der Waals surface area contributed by atoms with E-state index in [-0.39, 0.29) is 0 Å². The maximum Gasteiger partial charge on any atom is 0.127 e. The van der Waals surface area contributed by atoms with Gasteiger partial charge < -0.3 is 5.32 Å². The molecular weight excluding hydrogens is 186 g/mol. The molecule has 0 saturated heterocycles. The molecule has 3 rings (SSSR count). The third kappa shape index (κ3) is 1.29. The van der Waals surface area contributed by atoms with Gasteiger partial charge in [0.15, 0.2) is 0 Å². The number of rotatable bonds is 0. The van der Waals surface area contributed by atoms with Crippen LogP contribution in [0.25, 0.3) is 0 Å². The van der Waals surface area contributed by atoms with E-state index in [2.05, 4.69) is 28.9 Å². The van der Waals surface area contributed by atoms with Crippen LogP contribution in [0.15, 0.2) is 0 Å². The zero-order chi connectivity index (χ0) is 10.4. The van der Waals surface area contributed by atoms with E-state index in [0.29, 0.717) is 6.04 Å². The number of aromatic nitrogens is 2. The Balaban J connectivity index is 2.03. The van der Waals surface area contributed by atoms with Crippen LogP contribution >= 0.6 is 0 Å². The summed E-state index contributed by atoms with van der Waals surface area (Å²) in [5, 5.41) is 8.24. The molecule has 1 aliphatic carbocycles. The van der Waals surface area contributed by atoms with Gasteiger partial charge in [0.2, 0.25) is 0 Å². The molecule has 0 bridgehead atoms. The van der Waals surface area contributed by atoms with Crippen LogP contribution in [0.2, 0.25) is 0 Å². The van der Waals surface area contributed by atoms with E-state index in [0.717, 1.165) is 12.5 Å². The molecule has 1 saturated carbocycles. The Kier molecular flexibility index (Phi) is 2.01. The number of nitrogens with zero attached hydrogens (tertiary/aromatic N) is 2. The van der Waals surface area contributed by atoms with E-state index >= 15 is 0 Å². The second kappa shape index (κ2) is 3.26. The molecule has 0 spiro atoms. The first-order valence-corrected chi connectivity index (χ1v) is 6.07. The first kappa shape index (κ1) is 9.25. The lowest BCUT2D eigenvalue weighted by atomic mass is 9.83. The molecule has 3 nitrogen and oxygen atoms in total. The second-order valence-corrected chi connectivity index (χ2v) is 5.00. The average Bonchev–Trinajstić information content (AvgIpc) is 2.56. The van der Waals surface area contributed by atoms with Crippen molar-refractivity contribution in [2.45, 2.75) is 45.6 Å². The van der Waals surface area contributed by atoms with Gasteiger partial charge in [-0.2, -0.15) is 5.10 Å². The standard InChI is InChI=1S/C12H19N3/c1-8-9(2)14-15-11-6-4-3-5-10(11)7-13-12(8)15/h10-11,13H,3-7H2,1-2H3. The minimum atomic E-state index is 0.669. The summed E-state index contributed by atoms with van der Waals surface area (Å²) in [4.78, 5) is 0. The van der Waals surface area contributed by atoms with Gasteiger partial charge in [-0.05, 0) is 32.6 Å². The number of hydrogen-bond donors (Lipinski definition) is 1. The van der Waals surface area contributed by atoms with Crippen molar-refractivity contribution in [3.63, 3.8) is 0 Å². The Morgan fingerprint density at radius 2 is 2.07 bits per heavy atom. The third-order valence-corrected chi connectivity index (χ3v) is 4.10. The highest BCUT2D eigenvalue weighted by Crippen LogP contribution is 2.39. The lowest BCUT2D eigenvalue weighted by molar-refractivity contribution is 0.222. The van der Waals surface area contributed by atoms with Crippen molar-refractivity contribution in [3.8, 4) is 0 Å². The predicted octanol–water partition coefficient (Wildman–Crippen LogP) is 2.66. The first-order chi connectivity index (χ1) is 7.27. The van der Waals surface area contributed by atoms with Crippen LogP contribution in [-0.4, -0.2) is 16.3 Å². The van der Waals surface area contributed by atoms with Crippen molar-refractivity contribution >= 4 is 5.82 Å². The van der Waals surface area contributed by atoms with Crippen LogP contribution in [-0.2, 0) is 0 Å². The highest BCUT2D eigenvalue weighted by atomic mass is 15.4. The molecule has 0 radical (unpaired) electrons. The average molecular weight is 205 g/mol. The van der Waals surface area contributed by atoms with Crippen LogP contribution in [0.4, 0.5) is 5.82 Å². The zero-order valence-corrected chi connectivity index (χ0v) is 9.58. The highest BCUT2D eigenvalue weighted by Gasteiger charge is 2.33. The Labute approximate surface area is 90.9 Å². The summed E-state index contributed by atoms with van der Waals surface area (Å²) in [7, 11) is 0. The van der Waals surface area contributed by atoms with E-state index in [9.17, 15) is 0 Å². The Hall–Kier alpha value is -0.990. The van der Waals surface area contributed by atoms with Gasteiger partial charge in [-0.3, -0.25) is 0 Å². The van der Waals surface area contributed by atoms with Gasteiger partial charge in [0.25, 0.3) is 0 Å². The lowest BCUT2D eigenvalue weighted by Gasteiger charge is -2.37. The maximum atomic E-state index is 4.69. The molecule has 2 heterocycles. The van der Waals surface area contributed by atoms with Crippen molar-refractivity contribution in [2.24, 2.45) is 5.92 Å². The fraction of sp³-hybridized carbons (Fsp3) is 0.750. The molecule has 1 N–H and O–H groups in total. The van der Waals surface area contributed by atoms with Crippen molar-refractivity contribution in [2.75, 3.05) is 11.9 Å². The number of nitrogens with one attached hydrogen (secondary N) is 1. The van der Waals surface area contributed by atoms with Crippen LogP contribution in [0, 0.1) is 19.8 Å². The molecule has 0 amide bonds. The normalized spacial score (nSPS) is 29.2. The predicted molar refractivity (Wildman–Crippen MR) is 61.2 cm³/mol. The van der Waals surface area contributed by atoms with Gasteiger partial charge >= 0.3 is 0 Å². The summed E-state index contributed by atoms with van der Waals surface area (Å²) >= 11 is 0. The second-order valence-electron chi connectivity index (χ2n) is 5.00. The molecule has 2 atom stereocenters. The lowest BCUT2D eigenvalue weighted by Crippen LogP contribution is -2.35. The Morgan fingerprint density at radius 3 is 2.93 bits per heavy atom. The molecule has 1 aromatic rings. The number of hydrogen-bond acceptors (Lipinski definition) is 2.